The second-order valence-corrected chi connectivity index (χ2v) is 8.76. The van der Waals surface area contributed by atoms with Crippen molar-refractivity contribution in [3.63, 3.8) is 0 Å². The number of sulfonamides is 1. The van der Waals surface area contributed by atoms with Gasteiger partial charge in [0.25, 0.3) is 0 Å². The average Bonchev–Trinajstić information content (AvgIpc) is 2.99. The summed E-state index contributed by atoms with van der Waals surface area (Å²) in [5.74, 6) is 0.815. The van der Waals surface area contributed by atoms with Crippen LogP contribution < -0.4 is 5.32 Å². The number of aromatic nitrogens is 1. The van der Waals surface area contributed by atoms with Crippen LogP contribution in [0.1, 0.15) is 16.9 Å². The molecule has 0 spiro atoms. The Bertz CT molecular complexity index is 902. The lowest BCUT2D eigenvalue weighted by Crippen LogP contribution is -2.50. The zero-order chi connectivity index (χ0) is 19.4. The maximum absolute atomic E-state index is 12.6. The molecular weight excluding hydrogens is 368 g/mol. The first-order valence-corrected chi connectivity index (χ1v) is 10.4. The van der Waals surface area contributed by atoms with Crippen molar-refractivity contribution in [3.8, 4) is 0 Å². The Labute approximate surface area is 159 Å². The van der Waals surface area contributed by atoms with Crippen molar-refractivity contribution in [1.29, 1.82) is 0 Å². The second-order valence-electron chi connectivity index (χ2n) is 6.79. The molecule has 0 atom stereocenters. The maximum atomic E-state index is 12.6. The molecule has 1 aromatic carbocycles. The molecule has 2 heterocycles. The molecular formula is C18H24N4O4S. The fourth-order valence-corrected chi connectivity index (χ4v) is 4.58. The van der Waals surface area contributed by atoms with Gasteiger partial charge in [-0.15, -0.1) is 0 Å². The van der Waals surface area contributed by atoms with Crippen molar-refractivity contribution in [2.45, 2.75) is 19.6 Å². The number of piperazine rings is 1. The number of nitrogens with one attached hydrogen (secondary N) is 1. The van der Waals surface area contributed by atoms with Crippen LogP contribution in [-0.4, -0.2) is 61.4 Å². The van der Waals surface area contributed by atoms with Gasteiger partial charge in [-0.25, -0.2) is 8.42 Å². The van der Waals surface area contributed by atoms with Crippen molar-refractivity contribution in [2.24, 2.45) is 0 Å². The van der Waals surface area contributed by atoms with Crippen LogP contribution in [0.2, 0.25) is 0 Å². The lowest BCUT2D eigenvalue weighted by atomic mass is 10.2. The highest BCUT2D eigenvalue weighted by Crippen LogP contribution is 2.15. The lowest BCUT2D eigenvalue weighted by molar-refractivity contribution is -0.117. The van der Waals surface area contributed by atoms with E-state index in [1.54, 1.807) is 13.0 Å². The number of hydrogen-bond donors (Lipinski definition) is 1. The molecule has 1 N–H and O–H groups in total. The molecule has 9 heteroatoms. The van der Waals surface area contributed by atoms with Crippen LogP contribution in [0.4, 0.5) is 5.82 Å². The van der Waals surface area contributed by atoms with E-state index < -0.39 is 10.0 Å². The third kappa shape index (κ3) is 5.38. The van der Waals surface area contributed by atoms with E-state index in [0.717, 1.165) is 11.1 Å². The van der Waals surface area contributed by atoms with Gasteiger partial charge in [0, 0.05) is 32.2 Å². The fourth-order valence-electron chi connectivity index (χ4n) is 3.08. The van der Waals surface area contributed by atoms with Crippen LogP contribution in [-0.2, 0) is 20.6 Å². The molecule has 0 bridgehead atoms. The highest BCUT2D eigenvalue weighted by atomic mass is 32.2. The molecule has 1 fully saturated rings. The van der Waals surface area contributed by atoms with Crippen molar-refractivity contribution in [2.75, 3.05) is 38.0 Å². The van der Waals surface area contributed by atoms with E-state index in [2.05, 4.69) is 10.5 Å². The van der Waals surface area contributed by atoms with Gasteiger partial charge in [-0.3, -0.25) is 9.69 Å². The summed E-state index contributed by atoms with van der Waals surface area (Å²) in [5.41, 5.74) is 1.83. The van der Waals surface area contributed by atoms with Gasteiger partial charge in [0.05, 0.1) is 12.3 Å². The first-order valence-electron chi connectivity index (χ1n) is 8.81. The summed E-state index contributed by atoms with van der Waals surface area (Å²) in [6, 6.07) is 9.18. The SMILES string of the molecule is Cc1cccc(CS(=O)(=O)N2CCN(CC(=O)Nc3cc(C)on3)CC2)c1. The summed E-state index contributed by atoms with van der Waals surface area (Å²) < 4.78 is 31.7. The number of hydrogen-bond acceptors (Lipinski definition) is 6. The molecule has 2 aromatic rings. The largest absolute Gasteiger partial charge is 0.360 e. The summed E-state index contributed by atoms with van der Waals surface area (Å²) in [7, 11) is -3.37. The highest BCUT2D eigenvalue weighted by molar-refractivity contribution is 7.88. The van der Waals surface area contributed by atoms with E-state index in [4.69, 9.17) is 4.52 Å². The first-order chi connectivity index (χ1) is 12.8. The summed E-state index contributed by atoms with van der Waals surface area (Å²) >= 11 is 0. The van der Waals surface area contributed by atoms with Crippen LogP contribution in [0, 0.1) is 13.8 Å². The Kier molecular flexibility index (Phi) is 5.93. The summed E-state index contributed by atoms with van der Waals surface area (Å²) in [6.07, 6.45) is 0. The number of rotatable bonds is 6. The molecule has 146 valence electrons. The number of amides is 1. The smallest absolute Gasteiger partial charge is 0.239 e. The monoisotopic (exact) mass is 392 g/mol. The molecule has 8 nitrogen and oxygen atoms in total. The zero-order valence-corrected chi connectivity index (χ0v) is 16.3. The van der Waals surface area contributed by atoms with E-state index in [1.165, 1.54) is 4.31 Å². The summed E-state index contributed by atoms with van der Waals surface area (Å²) in [5, 5.41) is 6.40. The Hall–Kier alpha value is -2.23. The van der Waals surface area contributed by atoms with Gasteiger partial charge in [-0.2, -0.15) is 4.31 Å². The van der Waals surface area contributed by atoms with Gasteiger partial charge < -0.3 is 9.84 Å². The minimum atomic E-state index is -3.37. The lowest BCUT2D eigenvalue weighted by Gasteiger charge is -2.33. The number of nitrogens with zero attached hydrogens (tertiary/aromatic N) is 3. The standard InChI is InChI=1S/C18H24N4O4S/c1-14-4-3-5-16(10-14)13-27(24,25)22-8-6-21(7-9-22)12-18(23)19-17-11-15(2)26-20-17/h3-5,10-11H,6-9,12-13H2,1-2H3,(H,19,20,23). The molecule has 3 rings (SSSR count). The highest BCUT2D eigenvalue weighted by Gasteiger charge is 2.27. The predicted molar refractivity (Wildman–Crippen MR) is 102 cm³/mol. The Balaban J connectivity index is 1.49. The predicted octanol–water partition coefficient (Wildman–Crippen LogP) is 1.38. The van der Waals surface area contributed by atoms with Crippen LogP contribution in [0.25, 0.3) is 0 Å². The maximum Gasteiger partial charge on any atom is 0.239 e. The Morgan fingerprint density at radius 1 is 1.19 bits per heavy atom. The molecule has 1 aliphatic heterocycles. The molecule has 27 heavy (non-hydrogen) atoms. The zero-order valence-electron chi connectivity index (χ0n) is 15.5. The first kappa shape index (κ1) is 19.5. The third-order valence-electron chi connectivity index (χ3n) is 4.42. The molecule has 0 aliphatic carbocycles. The van der Waals surface area contributed by atoms with E-state index in [9.17, 15) is 13.2 Å². The number of carbonyl (C=O) groups is 1. The molecule has 0 unspecified atom stereocenters. The minimum absolute atomic E-state index is 0.000671. The Morgan fingerprint density at radius 2 is 1.93 bits per heavy atom. The van der Waals surface area contributed by atoms with Crippen molar-refractivity contribution in [3.05, 3.63) is 47.2 Å². The third-order valence-corrected chi connectivity index (χ3v) is 6.27. The van der Waals surface area contributed by atoms with Gasteiger partial charge in [0.15, 0.2) is 5.82 Å². The van der Waals surface area contributed by atoms with E-state index in [-0.39, 0.29) is 18.2 Å². The molecule has 1 saturated heterocycles. The van der Waals surface area contributed by atoms with Crippen LogP contribution >= 0.6 is 0 Å². The second kappa shape index (κ2) is 8.20. The van der Waals surface area contributed by atoms with Crippen molar-refractivity contribution < 1.29 is 17.7 Å². The number of carbonyl (C=O) groups excluding carboxylic acids is 1. The van der Waals surface area contributed by atoms with Crippen LogP contribution in [0.5, 0.6) is 0 Å². The normalized spacial score (nSPS) is 16.4. The van der Waals surface area contributed by atoms with Crippen molar-refractivity contribution in [1.82, 2.24) is 14.4 Å². The molecule has 1 aliphatic rings. The average molecular weight is 392 g/mol. The van der Waals surface area contributed by atoms with E-state index in [1.807, 2.05) is 36.1 Å². The van der Waals surface area contributed by atoms with Crippen LogP contribution in [0.3, 0.4) is 0 Å². The minimum Gasteiger partial charge on any atom is -0.360 e. The number of benzene rings is 1. The van der Waals surface area contributed by atoms with Gasteiger partial charge >= 0.3 is 0 Å². The van der Waals surface area contributed by atoms with Gasteiger partial charge in [-0.05, 0) is 19.4 Å². The quantitative estimate of drug-likeness (QED) is 0.798. The Morgan fingerprint density at radius 3 is 2.56 bits per heavy atom. The van der Waals surface area contributed by atoms with E-state index in [0.29, 0.717) is 37.8 Å². The molecule has 0 radical (unpaired) electrons. The number of anilines is 1. The molecule has 0 saturated carbocycles. The summed E-state index contributed by atoms with van der Waals surface area (Å²) in [6.45, 7) is 5.67. The van der Waals surface area contributed by atoms with Crippen molar-refractivity contribution >= 4 is 21.7 Å². The fraction of sp³-hybridized carbons (Fsp3) is 0.444. The van der Waals surface area contributed by atoms with Crippen LogP contribution in [0.15, 0.2) is 34.9 Å². The molecule has 1 amide bonds. The molecule has 1 aromatic heterocycles. The topological polar surface area (TPSA) is 95.8 Å². The van der Waals surface area contributed by atoms with Gasteiger partial charge in [0.1, 0.15) is 5.76 Å². The number of aryl methyl sites for hydroxylation is 2. The van der Waals surface area contributed by atoms with Gasteiger partial charge in [0.2, 0.25) is 15.9 Å². The summed E-state index contributed by atoms with van der Waals surface area (Å²) in [4.78, 5) is 14.0. The van der Waals surface area contributed by atoms with Gasteiger partial charge in [-0.1, -0.05) is 35.0 Å². The van der Waals surface area contributed by atoms with E-state index >= 15 is 0 Å².